The lowest BCUT2D eigenvalue weighted by Crippen LogP contribution is -2.49. The Kier molecular flexibility index (Phi) is 8.01. The Morgan fingerprint density at radius 1 is 1.09 bits per heavy atom. The summed E-state index contributed by atoms with van der Waals surface area (Å²) in [5, 5.41) is 31.2. The Balaban J connectivity index is 2.05. The van der Waals surface area contributed by atoms with E-state index in [1.54, 1.807) is 0 Å². The van der Waals surface area contributed by atoms with Crippen molar-refractivity contribution in [2.45, 2.75) is 112 Å². The van der Waals surface area contributed by atoms with Gasteiger partial charge >= 0.3 is 11.9 Å². The molecule has 1 fully saturated rings. The van der Waals surface area contributed by atoms with Gasteiger partial charge in [-0.05, 0) is 93.3 Å². The van der Waals surface area contributed by atoms with Gasteiger partial charge in [0.15, 0.2) is 0 Å². The molecule has 1 saturated carbocycles. The molecular formula is C30H48O5. The third-order valence-corrected chi connectivity index (χ3v) is 10.6. The van der Waals surface area contributed by atoms with E-state index in [-0.39, 0.29) is 28.6 Å². The number of hydrogen-bond acceptors (Lipinski definition) is 3. The number of carboxylic acid groups (broad SMARTS) is 2. The van der Waals surface area contributed by atoms with Crippen LogP contribution < -0.4 is 0 Å². The highest BCUT2D eigenvalue weighted by molar-refractivity contribution is 5.71. The number of hydrogen-bond donors (Lipinski definition) is 3. The Labute approximate surface area is 212 Å². The van der Waals surface area contributed by atoms with Crippen LogP contribution in [0.2, 0.25) is 0 Å². The number of aliphatic carboxylic acids is 2. The molecule has 0 aromatic carbocycles. The van der Waals surface area contributed by atoms with E-state index < -0.39 is 24.0 Å². The molecule has 7 atom stereocenters. The monoisotopic (exact) mass is 488 g/mol. The van der Waals surface area contributed by atoms with Crippen molar-refractivity contribution in [2.24, 2.45) is 39.9 Å². The van der Waals surface area contributed by atoms with Crippen molar-refractivity contribution in [3.05, 3.63) is 22.8 Å². The third-order valence-electron chi connectivity index (χ3n) is 10.6. The van der Waals surface area contributed by atoms with Gasteiger partial charge in [0, 0.05) is 12.3 Å². The second-order valence-electron chi connectivity index (χ2n) is 13.0. The lowest BCUT2D eigenvalue weighted by Gasteiger charge is -2.58. The number of aliphatic hydroxyl groups is 1. The second kappa shape index (κ2) is 10.0. The molecule has 3 aliphatic carbocycles. The maximum atomic E-state index is 12.5. The van der Waals surface area contributed by atoms with Crippen molar-refractivity contribution in [1.29, 1.82) is 0 Å². The van der Waals surface area contributed by atoms with Crippen LogP contribution in [0, 0.1) is 39.9 Å². The van der Waals surface area contributed by atoms with E-state index in [1.807, 2.05) is 13.8 Å². The van der Waals surface area contributed by atoms with E-state index in [1.165, 1.54) is 16.7 Å². The van der Waals surface area contributed by atoms with Gasteiger partial charge in [0.05, 0.1) is 12.0 Å². The van der Waals surface area contributed by atoms with Crippen LogP contribution in [0.4, 0.5) is 0 Å². The highest BCUT2D eigenvalue weighted by atomic mass is 16.4. The molecule has 0 amide bonds. The highest BCUT2D eigenvalue weighted by Gasteiger charge is 2.65. The van der Waals surface area contributed by atoms with E-state index in [4.69, 9.17) is 0 Å². The summed E-state index contributed by atoms with van der Waals surface area (Å²) in [5.41, 5.74) is 3.30. The van der Waals surface area contributed by atoms with Crippen LogP contribution >= 0.6 is 0 Å². The van der Waals surface area contributed by atoms with Crippen LogP contribution in [0.25, 0.3) is 0 Å². The Morgan fingerprint density at radius 3 is 2.29 bits per heavy atom. The predicted octanol–water partition coefficient (Wildman–Crippen LogP) is 6.85. The topological polar surface area (TPSA) is 94.8 Å². The fourth-order valence-corrected chi connectivity index (χ4v) is 8.74. The molecule has 5 heteroatoms. The molecular weight excluding hydrogens is 440 g/mol. The van der Waals surface area contributed by atoms with Crippen LogP contribution in [-0.2, 0) is 9.59 Å². The first kappa shape index (κ1) is 28.0. The summed E-state index contributed by atoms with van der Waals surface area (Å²) < 4.78 is 0. The number of carbonyl (C=O) groups is 2. The molecule has 0 heterocycles. The molecule has 0 unspecified atom stereocenters. The minimum atomic E-state index is -0.795. The van der Waals surface area contributed by atoms with Crippen molar-refractivity contribution in [2.75, 3.05) is 0 Å². The number of rotatable bonds is 9. The van der Waals surface area contributed by atoms with Gasteiger partial charge in [-0.2, -0.15) is 0 Å². The predicted molar refractivity (Wildman–Crippen MR) is 139 cm³/mol. The summed E-state index contributed by atoms with van der Waals surface area (Å²) >= 11 is 0. The average Bonchev–Trinajstić information content (AvgIpc) is 2.95. The molecule has 0 saturated heterocycles. The number of carboxylic acids is 2. The van der Waals surface area contributed by atoms with Crippen molar-refractivity contribution >= 4 is 11.9 Å². The van der Waals surface area contributed by atoms with Crippen LogP contribution in [0.3, 0.4) is 0 Å². The molecule has 35 heavy (non-hydrogen) atoms. The fraction of sp³-hybridized carbons (Fsp3) is 0.800. The summed E-state index contributed by atoms with van der Waals surface area (Å²) in [7, 11) is 0. The third kappa shape index (κ3) is 4.74. The summed E-state index contributed by atoms with van der Waals surface area (Å²) in [5.74, 6) is -1.48. The molecule has 0 radical (unpaired) electrons. The Morgan fingerprint density at radius 2 is 1.74 bits per heavy atom. The molecule has 5 nitrogen and oxygen atoms in total. The molecule has 0 spiro atoms. The van der Waals surface area contributed by atoms with Gasteiger partial charge in [0.25, 0.3) is 0 Å². The van der Waals surface area contributed by atoms with Crippen LogP contribution in [0.5, 0.6) is 0 Å². The molecule has 3 N–H and O–H groups in total. The molecule has 3 rings (SSSR count). The number of aliphatic hydroxyl groups excluding tert-OH is 1. The van der Waals surface area contributed by atoms with E-state index >= 15 is 0 Å². The van der Waals surface area contributed by atoms with Gasteiger partial charge in [0.1, 0.15) is 0 Å². The summed E-state index contributed by atoms with van der Waals surface area (Å²) in [4.78, 5) is 24.0. The lowest BCUT2D eigenvalue weighted by molar-refractivity contribution is -0.148. The zero-order valence-corrected chi connectivity index (χ0v) is 23.0. The zero-order chi connectivity index (χ0) is 26.3. The van der Waals surface area contributed by atoms with Crippen molar-refractivity contribution in [3.63, 3.8) is 0 Å². The first-order valence-electron chi connectivity index (χ1n) is 13.7. The maximum Gasteiger partial charge on any atom is 0.306 e. The van der Waals surface area contributed by atoms with Gasteiger partial charge in [-0.25, -0.2) is 0 Å². The largest absolute Gasteiger partial charge is 0.481 e. The first-order valence-corrected chi connectivity index (χ1v) is 13.7. The molecule has 0 aromatic rings. The minimum absolute atomic E-state index is 0.164. The van der Waals surface area contributed by atoms with Crippen molar-refractivity contribution < 1.29 is 24.9 Å². The number of fused-ring (bicyclic) bond motifs is 2. The molecule has 198 valence electrons. The van der Waals surface area contributed by atoms with Gasteiger partial charge in [-0.3, -0.25) is 9.59 Å². The average molecular weight is 489 g/mol. The first-order chi connectivity index (χ1) is 16.2. The van der Waals surface area contributed by atoms with Crippen LogP contribution in [0.1, 0.15) is 106 Å². The van der Waals surface area contributed by atoms with Crippen molar-refractivity contribution in [1.82, 2.24) is 0 Å². The molecule has 3 aliphatic rings. The van der Waals surface area contributed by atoms with Gasteiger partial charge in [-0.15, -0.1) is 0 Å². The van der Waals surface area contributed by atoms with Crippen LogP contribution in [0.15, 0.2) is 22.8 Å². The van der Waals surface area contributed by atoms with Gasteiger partial charge in [-0.1, -0.05) is 57.4 Å². The summed E-state index contributed by atoms with van der Waals surface area (Å²) in [6.45, 7) is 15.4. The molecule has 0 bridgehead atoms. The Hall–Kier alpha value is -1.62. The normalized spacial score (nSPS) is 37.6. The summed E-state index contributed by atoms with van der Waals surface area (Å²) in [6.07, 6.45) is 7.86. The van der Waals surface area contributed by atoms with Gasteiger partial charge in [0.2, 0.25) is 0 Å². The molecule has 0 aliphatic heterocycles. The Bertz CT molecular complexity index is 896. The number of allylic oxidation sites excluding steroid dienone is 4. The van der Waals surface area contributed by atoms with E-state index in [0.717, 1.165) is 25.7 Å². The fourth-order valence-electron chi connectivity index (χ4n) is 8.74. The highest BCUT2D eigenvalue weighted by Crippen LogP contribution is 2.71. The van der Waals surface area contributed by atoms with E-state index in [0.29, 0.717) is 37.5 Å². The maximum absolute atomic E-state index is 12.5. The van der Waals surface area contributed by atoms with Gasteiger partial charge < -0.3 is 15.3 Å². The quantitative estimate of drug-likeness (QED) is 0.308. The van der Waals surface area contributed by atoms with E-state index in [2.05, 4.69) is 40.7 Å². The molecule has 0 aromatic heterocycles. The van der Waals surface area contributed by atoms with Crippen molar-refractivity contribution in [3.8, 4) is 0 Å². The second-order valence-corrected chi connectivity index (χ2v) is 13.0. The summed E-state index contributed by atoms with van der Waals surface area (Å²) in [6, 6.07) is 0. The van der Waals surface area contributed by atoms with E-state index in [9.17, 15) is 24.9 Å². The standard InChI is InChI=1S/C30H48O5/c1-18(2)9-8-10-20(27(34)35)26-24(31)17-30(7)23-12-11-21(19(3)4)28(5,15-14-25(32)33)22(23)13-16-29(26,30)6/h9,19-21,24,26,31H,8,10-17H2,1-7H3,(H,32,33)(H,34,35)/t20-,21+,24-,26+,28+,29-,30+/m1/s1. The minimum Gasteiger partial charge on any atom is -0.481 e. The smallest absolute Gasteiger partial charge is 0.306 e. The SMILES string of the molecule is CC(C)=CCC[C@@H](C(=O)O)[C@H]1[C@H](O)C[C@@]2(C)C3=C(CC[C@]12C)[C@@](C)(CCC(=O)O)[C@H](C(C)C)CC3. The zero-order valence-electron chi connectivity index (χ0n) is 23.0. The lowest BCUT2D eigenvalue weighted by atomic mass is 9.46. The van der Waals surface area contributed by atoms with Crippen LogP contribution in [-0.4, -0.2) is 33.4 Å².